The average molecular weight is 934 g/mol. The maximum absolute atomic E-state index is 12.8. The molecule has 0 aliphatic heterocycles. The Morgan fingerprint density at radius 3 is 0.742 bits per heavy atom. The van der Waals surface area contributed by atoms with E-state index in [0.717, 1.165) is 69.6 Å². The molecule has 6 nitrogen and oxygen atoms in total. The standard InChI is InChI=1S/C60H116O6/c1-6-7-8-9-10-11-12-13-14-15-16-17-18-22-25-30-35-40-45-50-58(61)64-53-57(66-60(63)52-47-42-37-32-27-29-34-39-44-49-56(4)5)54-65-59(62)51-46-41-36-31-26-23-20-19-21-24-28-33-38-43-48-55(2)3/h55-57H,6-54H2,1-5H3/t57-/m1/s1. The number of rotatable bonds is 54. The molecule has 0 rings (SSSR count). The number of hydrogen-bond donors (Lipinski definition) is 0. The summed E-state index contributed by atoms with van der Waals surface area (Å²) in [5.74, 6) is 0.811. The van der Waals surface area contributed by atoms with E-state index in [2.05, 4.69) is 34.6 Å². The fraction of sp³-hybridized carbons (Fsp3) is 0.950. The molecule has 0 amide bonds. The van der Waals surface area contributed by atoms with Crippen LogP contribution in [0.2, 0.25) is 0 Å². The Morgan fingerprint density at radius 2 is 0.500 bits per heavy atom. The van der Waals surface area contributed by atoms with Crippen LogP contribution in [-0.2, 0) is 28.6 Å². The molecular weight excluding hydrogens is 817 g/mol. The van der Waals surface area contributed by atoms with Crippen molar-refractivity contribution < 1.29 is 28.6 Å². The third-order valence-electron chi connectivity index (χ3n) is 13.7. The third kappa shape index (κ3) is 53.4. The topological polar surface area (TPSA) is 78.9 Å². The Hall–Kier alpha value is -1.59. The molecule has 0 fully saturated rings. The minimum Gasteiger partial charge on any atom is -0.462 e. The van der Waals surface area contributed by atoms with Gasteiger partial charge in [0, 0.05) is 19.3 Å². The highest BCUT2D eigenvalue weighted by atomic mass is 16.6. The molecule has 6 heteroatoms. The summed E-state index contributed by atoms with van der Waals surface area (Å²) in [4.78, 5) is 38.2. The van der Waals surface area contributed by atoms with Crippen LogP contribution in [0.5, 0.6) is 0 Å². The van der Waals surface area contributed by atoms with Crippen LogP contribution in [0.1, 0.15) is 336 Å². The lowest BCUT2D eigenvalue weighted by molar-refractivity contribution is -0.167. The predicted octanol–water partition coefficient (Wildman–Crippen LogP) is 19.7. The van der Waals surface area contributed by atoms with Crippen molar-refractivity contribution in [1.82, 2.24) is 0 Å². The number of hydrogen-bond acceptors (Lipinski definition) is 6. The fourth-order valence-corrected chi connectivity index (χ4v) is 9.23. The lowest BCUT2D eigenvalue weighted by atomic mass is 10.0. The first-order valence-corrected chi connectivity index (χ1v) is 29.7. The molecule has 0 N–H and O–H groups in total. The van der Waals surface area contributed by atoms with E-state index in [1.165, 1.54) is 225 Å². The van der Waals surface area contributed by atoms with Crippen molar-refractivity contribution in [2.45, 2.75) is 343 Å². The highest BCUT2D eigenvalue weighted by Gasteiger charge is 2.19. The summed E-state index contributed by atoms with van der Waals surface area (Å²) in [6, 6.07) is 0. The lowest BCUT2D eigenvalue weighted by Crippen LogP contribution is -2.30. The van der Waals surface area contributed by atoms with Gasteiger partial charge in [-0.25, -0.2) is 0 Å². The monoisotopic (exact) mass is 933 g/mol. The molecule has 0 bridgehead atoms. The number of carbonyl (C=O) groups is 3. The van der Waals surface area contributed by atoms with Crippen LogP contribution in [0.15, 0.2) is 0 Å². The molecular formula is C60H116O6. The molecule has 0 aromatic rings. The van der Waals surface area contributed by atoms with E-state index < -0.39 is 6.10 Å². The molecule has 0 spiro atoms. The van der Waals surface area contributed by atoms with Crippen molar-refractivity contribution >= 4 is 17.9 Å². The largest absolute Gasteiger partial charge is 0.462 e. The van der Waals surface area contributed by atoms with E-state index >= 15 is 0 Å². The first kappa shape index (κ1) is 64.4. The summed E-state index contributed by atoms with van der Waals surface area (Å²) in [6.07, 6.45) is 56.7. The van der Waals surface area contributed by atoms with Crippen molar-refractivity contribution in [2.75, 3.05) is 13.2 Å². The summed E-state index contributed by atoms with van der Waals surface area (Å²) in [7, 11) is 0. The summed E-state index contributed by atoms with van der Waals surface area (Å²) in [5, 5.41) is 0. The van der Waals surface area contributed by atoms with Crippen molar-refractivity contribution in [2.24, 2.45) is 11.8 Å². The van der Waals surface area contributed by atoms with Gasteiger partial charge in [0.05, 0.1) is 0 Å². The van der Waals surface area contributed by atoms with Gasteiger partial charge in [-0.3, -0.25) is 14.4 Å². The molecule has 392 valence electrons. The highest BCUT2D eigenvalue weighted by Crippen LogP contribution is 2.18. The summed E-state index contributed by atoms with van der Waals surface area (Å²) >= 11 is 0. The summed E-state index contributed by atoms with van der Waals surface area (Å²) in [5.41, 5.74) is 0. The molecule has 0 unspecified atom stereocenters. The Balaban J connectivity index is 4.25. The quantitative estimate of drug-likeness (QED) is 0.0343. The maximum Gasteiger partial charge on any atom is 0.306 e. The molecule has 0 aliphatic rings. The molecule has 66 heavy (non-hydrogen) atoms. The van der Waals surface area contributed by atoms with Crippen LogP contribution in [0.3, 0.4) is 0 Å². The van der Waals surface area contributed by atoms with E-state index in [9.17, 15) is 14.4 Å². The average Bonchev–Trinajstić information content (AvgIpc) is 3.29. The molecule has 0 heterocycles. The second-order valence-corrected chi connectivity index (χ2v) is 21.6. The second-order valence-electron chi connectivity index (χ2n) is 21.6. The van der Waals surface area contributed by atoms with E-state index in [0.29, 0.717) is 19.3 Å². The molecule has 0 aliphatic carbocycles. The first-order valence-electron chi connectivity index (χ1n) is 29.7. The van der Waals surface area contributed by atoms with Gasteiger partial charge in [0.15, 0.2) is 6.10 Å². The van der Waals surface area contributed by atoms with Crippen molar-refractivity contribution in [3.63, 3.8) is 0 Å². The van der Waals surface area contributed by atoms with Crippen LogP contribution in [0.4, 0.5) is 0 Å². The highest BCUT2D eigenvalue weighted by molar-refractivity contribution is 5.71. The van der Waals surface area contributed by atoms with Gasteiger partial charge in [-0.15, -0.1) is 0 Å². The normalized spacial score (nSPS) is 12.0. The molecule has 0 aromatic carbocycles. The predicted molar refractivity (Wildman–Crippen MR) is 284 cm³/mol. The van der Waals surface area contributed by atoms with Crippen LogP contribution in [0.25, 0.3) is 0 Å². The number of esters is 3. The molecule has 0 saturated carbocycles. The zero-order valence-electron chi connectivity index (χ0n) is 45.3. The van der Waals surface area contributed by atoms with Crippen molar-refractivity contribution in [3.8, 4) is 0 Å². The first-order chi connectivity index (χ1) is 32.2. The molecule has 0 aromatic heterocycles. The molecule has 0 radical (unpaired) electrons. The Bertz CT molecular complexity index is 1010. The Kier molecular flexibility index (Phi) is 51.5. The number of ether oxygens (including phenoxy) is 3. The number of carbonyl (C=O) groups excluding carboxylic acids is 3. The van der Waals surface area contributed by atoms with Gasteiger partial charge in [0.25, 0.3) is 0 Å². The minimum atomic E-state index is -0.763. The van der Waals surface area contributed by atoms with Gasteiger partial charge >= 0.3 is 17.9 Å². The summed E-state index contributed by atoms with van der Waals surface area (Å²) < 4.78 is 16.9. The van der Waals surface area contributed by atoms with Gasteiger partial charge in [0.1, 0.15) is 13.2 Å². The molecule has 1 atom stereocenters. The Morgan fingerprint density at radius 1 is 0.288 bits per heavy atom. The van der Waals surface area contributed by atoms with Crippen molar-refractivity contribution in [3.05, 3.63) is 0 Å². The van der Waals surface area contributed by atoms with E-state index in [-0.39, 0.29) is 31.1 Å². The fourth-order valence-electron chi connectivity index (χ4n) is 9.23. The van der Waals surface area contributed by atoms with Gasteiger partial charge in [-0.05, 0) is 31.1 Å². The van der Waals surface area contributed by atoms with Crippen LogP contribution in [0, 0.1) is 11.8 Å². The zero-order chi connectivity index (χ0) is 48.2. The van der Waals surface area contributed by atoms with Gasteiger partial charge in [-0.1, -0.05) is 298 Å². The SMILES string of the molecule is CCCCCCCCCCCCCCCCCCCCCC(=O)OC[C@H](COC(=O)CCCCCCCCCCCCCCCCC(C)C)OC(=O)CCCCCCCCCCCC(C)C. The second kappa shape index (κ2) is 52.8. The summed E-state index contributed by atoms with van der Waals surface area (Å²) in [6.45, 7) is 11.4. The minimum absolute atomic E-state index is 0.0629. The van der Waals surface area contributed by atoms with Crippen LogP contribution >= 0.6 is 0 Å². The lowest BCUT2D eigenvalue weighted by Gasteiger charge is -2.18. The van der Waals surface area contributed by atoms with Gasteiger partial charge in [0.2, 0.25) is 0 Å². The van der Waals surface area contributed by atoms with E-state index in [4.69, 9.17) is 14.2 Å². The van der Waals surface area contributed by atoms with Gasteiger partial charge < -0.3 is 14.2 Å². The zero-order valence-corrected chi connectivity index (χ0v) is 45.3. The molecule has 0 saturated heterocycles. The van der Waals surface area contributed by atoms with E-state index in [1.54, 1.807) is 0 Å². The Labute approximate surface area is 412 Å². The van der Waals surface area contributed by atoms with Crippen LogP contribution in [-0.4, -0.2) is 37.2 Å². The van der Waals surface area contributed by atoms with Crippen molar-refractivity contribution in [1.29, 1.82) is 0 Å². The van der Waals surface area contributed by atoms with Gasteiger partial charge in [-0.2, -0.15) is 0 Å². The smallest absolute Gasteiger partial charge is 0.306 e. The third-order valence-corrected chi connectivity index (χ3v) is 13.7. The maximum atomic E-state index is 12.8. The van der Waals surface area contributed by atoms with E-state index in [1.807, 2.05) is 0 Å². The number of unbranched alkanes of at least 4 members (excludes halogenated alkanes) is 39. The van der Waals surface area contributed by atoms with Crippen LogP contribution < -0.4 is 0 Å².